The predicted molar refractivity (Wildman–Crippen MR) is 83.2 cm³/mol. The molecule has 0 aliphatic rings. The highest BCUT2D eigenvalue weighted by molar-refractivity contribution is 5.80. The minimum absolute atomic E-state index is 0.417. The standard InChI is InChI=1S/C17H17NO3/c1-3-8-20-15-7-4-12(2)16(10-15)21-17-9-14(18)6-5-13(17)11-19/h3-7,9-11H,1,8,18H2,2H3. The number of aldehydes is 1. The Hall–Kier alpha value is -2.75. The highest BCUT2D eigenvalue weighted by atomic mass is 16.5. The van der Waals surface area contributed by atoms with Crippen LogP contribution in [0.25, 0.3) is 0 Å². The highest BCUT2D eigenvalue weighted by Crippen LogP contribution is 2.31. The Balaban J connectivity index is 2.32. The Morgan fingerprint density at radius 1 is 1.19 bits per heavy atom. The second kappa shape index (κ2) is 6.61. The van der Waals surface area contributed by atoms with Crippen LogP contribution in [0.2, 0.25) is 0 Å². The van der Waals surface area contributed by atoms with E-state index in [2.05, 4.69) is 6.58 Å². The minimum Gasteiger partial charge on any atom is -0.489 e. The number of rotatable bonds is 6. The molecule has 0 bridgehead atoms. The maximum atomic E-state index is 11.1. The van der Waals surface area contributed by atoms with Crippen molar-refractivity contribution < 1.29 is 14.3 Å². The first-order valence-corrected chi connectivity index (χ1v) is 6.51. The molecule has 2 N–H and O–H groups in total. The first-order chi connectivity index (χ1) is 10.1. The Kier molecular flexibility index (Phi) is 4.61. The number of carbonyl (C=O) groups excluding carboxylic acids is 1. The van der Waals surface area contributed by atoms with Crippen molar-refractivity contribution in [1.82, 2.24) is 0 Å². The number of nitrogens with two attached hydrogens (primary N) is 1. The van der Waals surface area contributed by atoms with Crippen molar-refractivity contribution in [3.8, 4) is 17.2 Å². The number of ether oxygens (including phenoxy) is 2. The van der Waals surface area contributed by atoms with E-state index in [0.717, 1.165) is 11.8 Å². The Morgan fingerprint density at radius 2 is 2.00 bits per heavy atom. The average Bonchev–Trinajstić information content (AvgIpc) is 2.48. The third-order valence-electron chi connectivity index (χ3n) is 2.91. The lowest BCUT2D eigenvalue weighted by atomic mass is 10.2. The minimum atomic E-state index is 0.417. The van der Waals surface area contributed by atoms with Crippen LogP contribution >= 0.6 is 0 Å². The second-order valence-corrected chi connectivity index (χ2v) is 4.54. The molecule has 2 aromatic rings. The van der Waals surface area contributed by atoms with E-state index in [-0.39, 0.29) is 0 Å². The van der Waals surface area contributed by atoms with Crippen molar-refractivity contribution in [3.05, 3.63) is 60.2 Å². The first-order valence-electron chi connectivity index (χ1n) is 6.51. The Morgan fingerprint density at radius 3 is 2.71 bits per heavy atom. The number of anilines is 1. The molecule has 0 aromatic heterocycles. The molecule has 0 spiro atoms. The van der Waals surface area contributed by atoms with Crippen LogP contribution < -0.4 is 15.2 Å². The molecule has 0 atom stereocenters. The van der Waals surface area contributed by atoms with Crippen LogP contribution in [0, 0.1) is 6.92 Å². The summed E-state index contributed by atoms with van der Waals surface area (Å²) in [7, 11) is 0. The van der Waals surface area contributed by atoms with Gasteiger partial charge in [0.05, 0.1) is 5.56 Å². The molecule has 2 aromatic carbocycles. The maximum absolute atomic E-state index is 11.1. The highest BCUT2D eigenvalue weighted by Gasteiger charge is 2.08. The number of hydrogen-bond donors (Lipinski definition) is 1. The smallest absolute Gasteiger partial charge is 0.153 e. The van der Waals surface area contributed by atoms with Crippen LogP contribution in [0.1, 0.15) is 15.9 Å². The number of carbonyl (C=O) groups is 1. The fourth-order valence-electron chi connectivity index (χ4n) is 1.79. The van der Waals surface area contributed by atoms with E-state index < -0.39 is 0 Å². The fourth-order valence-corrected chi connectivity index (χ4v) is 1.79. The lowest BCUT2D eigenvalue weighted by Crippen LogP contribution is -1.97. The number of hydrogen-bond acceptors (Lipinski definition) is 4. The number of benzene rings is 2. The van der Waals surface area contributed by atoms with Crippen molar-refractivity contribution >= 4 is 12.0 Å². The van der Waals surface area contributed by atoms with E-state index in [1.807, 2.05) is 19.1 Å². The van der Waals surface area contributed by atoms with Crippen LogP contribution in [0.4, 0.5) is 5.69 Å². The van der Waals surface area contributed by atoms with Crippen LogP contribution in [0.5, 0.6) is 17.2 Å². The van der Waals surface area contributed by atoms with Crippen molar-refractivity contribution in [1.29, 1.82) is 0 Å². The van der Waals surface area contributed by atoms with Crippen LogP contribution in [0.15, 0.2) is 49.1 Å². The summed E-state index contributed by atoms with van der Waals surface area (Å²) in [6.07, 6.45) is 2.41. The van der Waals surface area contributed by atoms with Gasteiger partial charge in [-0.3, -0.25) is 4.79 Å². The van der Waals surface area contributed by atoms with Crippen LogP contribution in [-0.4, -0.2) is 12.9 Å². The molecule has 0 aliphatic heterocycles. The molecular weight excluding hydrogens is 266 g/mol. The van der Waals surface area contributed by atoms with E-state index in [4.69, 9.17) is 15.2 Å². The van der Waals surface area contributed by atoms with Gasteiger partial charge in [0, 0.05) is 17.8 Å². The molecule has 0 amide bonds. The van der Waals surface area contributed by atoms with Gasteiger partial charge in [0.15, 0.2) is 6.29 Å². The molecule has 0 saturated heterocycles. The second-order valence-electron chi connectivity index (χ2n) is 4.54. The van der Waals surface area contributed by atoms with Crippen LogP contribution in [0.3, 0.4) is 0 Å². The Labute approximate surface area is 123 Å². The van der Waals surface area contributed by atoms with Gasteiger partial charge in [0.1, 0.15) is 23.9 Å². The van der Waals surface area contributed by atoms with Gasteiger partial charge in [-0.2, -0.15) is 0 Å². The van der Waals surface area contributed by atoms with Gasteiger partial charge in [-0.1, -0.05) is 18.7 Å². The number of aryl methyl sites for hydroxylation is 1. The van der Waals surface area contributed by atoms with Crippen molar-refractivity contribution in [2.45, 2.75) is 6.92 Å². The summed E-state index contributed by atoms with van der Waals surface area (Å²) in [6, 6.07) is 10.4. The van der Waals surface area contributed by atoms with Gasteiger partial charge in [0.25, 0.3) is 0 Å². The van der Waals surface area contributed by atoms with Gasteiger partial charge in [-0.15, -0.1) is 0 Å². The van der Waals surface area contributed by atoms with Crippen molar-refractivity contribution in [2.24, 2.45) is 0 Å². The zero-order valence-electron chi connectivity index (χ0n) is 11.8. The summed E-state index contributed by atoms with van der Waals surface area (Å²) in [4.78, 5) is 11.1. The molecule has 0 heterocycles. The van der Waals surface area contributed by atoms with Gasteiger partial charge in [-0.25, -0.2) is 0 Å². The lowest BCUT2D eigenvalue weighted by Gasteiger charge is -2.13. The van der Waals surface area contributed by atoms with E-state index in [1.165, 1.54) is 0 Å². The van der Waals surface area contributed by atoms with E-state index >= 15 is 0 Å². The van der Waals surface area contributed by atoms with Gasteiger partial charge < -0.3 is 15.2 Å². The fraction of sp³-hybridized carbons (Fsp3) is 0.118. The van der Waals surface area contributed by atoms with E-state index in [0.29, 0.717) is 35.1 Å². The third kappa shape index (κ3) is 3.63. The molecule has 21 heavy (non-hydrogen) atoms. The van der Waals surface area contributed by atoms with Crippen LogP contribution in [-0.2, 0) is 0 Å². The summed E-state index contributed by atoms with van der Waals surface area (Å²) in [5, 5.41) is 0. The maximum Gasteiger partial charge on any atom is 0.153 e. The predicted octanol–water partition coefficient (Wildman–Crippen LogP) is 3.75. The molecule has 0 radical (unpaired) electrons. The monoisotopic (exact) mass is 283 g/mol. The SMILES string of the molecule is C=CCOc1ccc(C)c(Oc2cc(N)ccc2C=O)c1. The largest absolute Gasteiger partial charge is 0.489 e. The van der Waals surface area contributed by atoms with E-state index in [1.54, 1.807) is 30.3 Å². The molecular formula is C17H17NO3. The molecule has 0 unspecified atom stereocenters. The molecule has 0 aliphatic carbocycles. The topological polar surface area (TPSA) is 61.6 Å². The quantitative estimate of drug-likeness (QED) is 0.498. The van der Waals surface area contributed by atoms with Gasteiger partial charge >= 0.3 is 0 Å². The zero-order valence-corrected chi connectivity index (χ0v) is 11.8. The Bertz CT molecular complexity index is 665. The molecule has 4 heteroatoms. The molecule has 0 fully saturated rings. The van der Waals surface area contributed by atoms with Gasteiger partial charge in [-0.05, 0) is 30.7 Å². The van der Waals surface area contributed by atoms with Crippen molar-refractivity contribution in [2.75, 3.05) is 12.3 Å². The summed E-state index contributed by atoms with van der Waals surface area (Å²) < 4.78 is 11.3. The summed E-state index contributed by atoms with van der Waals surface area (Å²) >= 11 is 0. The number of nitrogen functional groups attached to an aromatic ring is 1. The first kappa shape index (κ1) is 14.7. The zero-order chi connectivity index (χ0) is 15.2. The summed E-state index contributed by atoms with van der Waals surface area (Å²) in [5.74, 6) is 1.71. The molecule has 4 nitrogen and oxygen atoms in total. The van der Waals surface area contributed by atoms with E-state index in [9.17, 15) is 4.79 Å². The van der Waals surface area contributed by atoms with Crippen molar-refractivity contribution in [3.63, 3.8) is 0 Å². The summed E-state index contributed by atoms with van der Waals surface area (Å²) in [6.45, 7) is 5.94. The molecule has 0 saturated carbocycles. The average molecular weight is 283 g/mol. The van der Waals surface area contributed by atoms with Gasteiger partial charge in [0.2, 0.25) is 0 Å². The molecule has 108 valence electrons. The third-order valence-corrected chi connectivity index (χ3v) is 2.91. The molecule has 2 rings (SSSR count). The normalized spacial score (nSPS) is 9.95. The lowest BCUT2D eigenvalue weighted by molar-refractivity contribution is 0.112. The summed E-state index contributed by atoms with van der Waals surface area (Å²) in [5.41, 5.74) is 7.65.